The Kier molecular flexibility index (Phi) is 2.92. The fourth-order valence-electron chi connectivity index (χ4n) is 1.51. The molecule has 0 spiro atoms. The first-order chi connectivity index (χ1) is 7.69. The minimum absolute atomic E-state index is 0.281. The van der Waals surface area contributed by atoms with E-state index >= 15 is 0 Å². The molecule has 0 saturated heterocycles. The summed E-state index contributed by atoms with van der Waals surface area (Å²) in [6, 6.07) is 6.48. The molecular formula is C12H12FN3. The Morgan fingerprint density at radius 1 is 1.31 bits per heavy atom. The predicted molar refractivity (Wildman–Crippen MR) is 60.1 cm³/mol. The zero-order valence-electron chi connectivity index (χ0n) is 8.94. The Bertz CT molecular complexity index is 491. The van der Waals surface area contributed by atoms with E-state index in [1.54, 1.807) is 12.3 Å². The van der Waals surface area contributed by atoms with Gasteiger partial charge in [-0.3, -0.25) is 0 Å². The van der Waals surface area contributed by atoms with Gasteiger partial charge in [0.15, 0.2) is 5.82 Å². The molecule has 4 heteroatoms. The van der Waals surface area contributed by atoms with Gasteiger partial charge in [0.25, 0.3) is 0 Å². The third-order valence-electron chi connectivity index (χ3n) is 2.22. The molecule has 1 heterocycles. The highest BCUT2D eigenvalue weighted by molar-refractivity contribution is 5.56. The number of benzene rings is 1. The van der Waals surface area contributed by atoms with E-state index in [9.17, 15) is 4.39 Å². The molecule has 0 aliphatic carbocycles. The summed E-state index contributed by atoms with van der Waals surface area (Å²) in [6.45, 7) is 2.18. The molecule has 0 radical (unpaired) electrons. The molecule has 0 amide bonds. The summed E-state index contributed by atoms with van der Waals surface area (Å²) < 4.78 is 13.2. The van der Waals surface area contributed by atoms with Crippen molar-refractivity contribution in [2.24, 2.45) is 5.73 Å². The molecule has 2 N–H and O–H groups in total. The van der Waals surface area contributed by atoms with Gasteiger partial charge in [-0.15, -0.1) is 0 Å². The minimum atomic E-state index is -0.281. The number of aryl methyl sites for hydroxylation is 1. The van der Waals surface area contributed by atoms with Crippen molar-refractivity contribution in [3.8, 4) is 11.4 Å². The number of hydrogen-bond donors (Lipinski definition) is 1. The Hall–Kier alpha value is -1.81. The van der Waals surface area contributed by atoms with Crippen molar-refractivity contribution in [1.29, 1.82) is 0 Å². The molecule has 0 saturated carbocycles. The SMILES string of the molecule is Cc1cc(F)cc(-c2nccc(CN)n2)c1. The van der Waals surface area contributed by atoms with Gasteiger partial charge in [0, 0.05) is 18.3 Å². The Balaban J connectivity index is 2.49. The highest BCUT2D eigenvalue weighted by Crippen LogP contribution is 2.18. The van der Waals surface area contributed by atoms with E-state index in [1.807, 2.05) is 13.0 Å². The molecule has 16 heavy (non-hydrogen) atoms. The molecule has 0 atom stereocenters. The monoisotopic (exact) mass is 217 g/mol. The molecule has 0 fully saturated rings. The number of nitrogens with zero attached hydrogens (tertiary/aromatic N) is 2. The van der Waals surface area contributed by atoms with E-state index in [1.165, 1.54) is 12.1 Å². The van der Waals surface area contributed by atoms with Crippen LogP contribution in [0.2, 0.25) is 0 Å². The van der Waals surface area contributed by atoms with Crippen molar-refractivity contribution in [1.82, 2.24) is 9.97 Å². The first-order valence-electron chi connectivity index (χ1n) is 4.98. The molecule has 2 aromatic rings. The molecule has 3 nitrogen and oxygen atoms in total. The van der Waals surface area contributed by atoms with Crippen molar-refractivity contribution in [2.75, 3.05) is 0 Å². The van der Waals surface area contributed by atoms with Crippen LogP contribution in [0.15, 0.2) is 30.5 Å². The van der Waals surface area contributed by atoms with Crippen molar-refractivity contribution in [3.05, 3.63) is 47.5 Å². The molecule has 2 rings (SSSR count). The zero-order valence-corrected chi connectivity index (χ0v) is 8.94. The lowest BCUT2D eigenvalue weighted by Gasteiger charge is -2.03. The van der Waals surface area contributed by atoms with E-state index in [4.69, 9.17) is 5.73 Å². The molecule has 0 aliphatic heterocycles. The average molecular weight is 217 g/mol. The van der Waals surface area contributed by atoms with Crippen LogP contribution >= 0.6 is 0 Å². The normalized spacial score (nSPS) is 10.4. The Morgan fingerprint density at radius 3 is 2.81 bits per heavy atom. The van der Waals surface area contributed by atoms with Gasteiger partial charge in [0.2, 0.25) is 0 Å². The molecule has 0 unspecified atom stereocenters. The van der Waals surface area contributed by atoms with Crippen molar-refractivity contribution >= 4 is 0 Å². The fraction of sp³-hybridized carbons (Fsp3) is 0.167. The van der Waals surface area contributed by atoms with Gasteiger partial charge < -0.3 is 5.73 Å². The van der Waals surface area contributed by atoms with Crippen LogP contribution in [0.1, 0.15) is 11.3 Å². The first kappa shape index (κ1) is 10.7. The lowest BCUT2D eigenvalue weighted by molar-refractivity contribution is 0.627. The van der Waals surface area contributed by atoms with Gasteiger partial charge in [-0.1, -0.05) is 0 Å². The standard InChI is InChI=1S/C12H12FN3/c1-8-4-9(6-10(13)5-8)12-15-3-2-11(7-14)16-12/h2-6H,7,14H2,1H3. The van der Waals surface area contributed by atoms with Crippen LogP contribution in [0.3, 0.4) is 0 Å². The van der Waals surface area contributed by atoms with E-state index in [0.717, 1.165) is 11.3 Å². The van der Waals surface area contributed by atoms with Crippen LogP contribution < -0.4 is 5.73 Å². The number of hydrogen-bond acceptors (Lipinski definition) is 3. The molecule has 1 aromatic carbocycles. The third-order valence-corrected chi connectivity index (χ3v) is 2.22. The minimum Gasteiger partial charge on any atom is -0.325 e. The van der Waals surface area contributed by atoms with E-state index < -0.39 is 0 Å². The van der Waals surface area contributed by atoms with Gasteiger partial charge in [0.1, 0.15) is 5.82 Å². The van der Waals surface area contributed by atoms with Gasteiger partial charge >= 0.3 is 0 Å². The third kappa shape index (κ3) is 2.23. The first-order valence-corrected chi connectivity index (χ1v) is 4.98. The summed E-state index contributed by atoms with van der Waals surface area (Å²) in [5.41, 5.74) is 7.75. The van der Waals surface area contributed by atoms with E-state index in [2.05, 4.69) is 9.97 Å². The smallest absolute Gasteiger partial charge is 0.159 e. The van der Waals surface area contributed by atoms with Gasteiger partial charge in [-0.05, 0) is 36.8 Å². The predicted octanol–water partition coefficient (Wildman–Crippen LogP) is 2.05. The maximum absolute atomic E-state index is 13.2. The van der Waals surface area contributed by atoms with Gasteiger partial charge in [-0.2, -0.15) is 0 Å². The van der Waals surface area contributed by atoms with Crippen molar-refractivity contribution < 1.29 is 4.39 Å². The molecule has 82 valence electrons. The van der Waals surface area contributed by atoms with E-state index in [0.29, 0.717) is 17.9 Å². The maximum atomic E-state index is 13.2. The lowest BCUT2D eigenvalue weighted by Crippen LogP contribution is -2.01. The second-order valence-corrected chi connectivity index (χ2v) is 3.59. The van der Waals surface area contributed by atoms with Crippen LogP contribution in [0.5, 0.6) is 0 Å². The largest absolute Gasteiger partial charge is 0.325 e. The average Bonchev–Trinajstić information content (AvgIpc) is 2.28. The molecule has 0 aliphatic rings. The van der Waals surface area contributed by atoms with Crippen molar-refractivity contribution in [3.63, 3.8) is 0 Å². The van der Waals surface area contributed by atoms with Crippen LogP contribution in [0.25, 0.3) is 11.4 Å². The topological polar surface area (TPSA) is 51.8 Å². The maximum Gasteiger partial charge on any atom is 0.159 e. The summed E-state index contributed by atoms with van der Waals surface area (Å²) in [4.78, 5) is 8.35. The summed E-state index contributed by atoms with van der Waals surface area (Å²) in [7, 11) is 0. The molecular weight excluding hydrogens is 205 g/mol. The number of nitrogens with two attached hydrogens (primary N) is 1. The molecule has 0 bridgehead atoms. The zero-order chi connectivity index (χ0) is 11.5. The van der Waals surface area contributed by atoms with Crippen LogP contribution in [-0.2, 0) is 6.54 Å². The van der Waals surface area contributed by atoms with Crippen LogP contribution in [-0.4, -0.2) is 9.97 Å². The lowest BCUT2D eigenvalue weighted by atomic mass is 10.1. The van der Waals surface area contributed by atoms with E-state index in [-0.39, 0.29) is 5.82 Å². The fourth-order valence-corrected chi connectivity index (χ4v) is 1.51. The van der Waals surface area contributed by atoms with Crippen LogP contribution in [0.4, 0.5) is 4.39 Å². The summed E-state index contributed by atoms with van der Waals surface area (Å²) in [5.74, 6) is 0.224. The van der Waals surface area contributed by atoms with Gasteiger partial charge in [0.05, 0.1) is 5.69 Å². The van der Waals surface area contributed by atoms with Crippen LogP contribution in [0, 0.1) is 12.7 Å². The number of halogens is 1. The summed E-state index contributed by atoms with van der Waals surface area (Å²) >= 11 is 0. The number of aromatic nitrogens is 2. The molecule has 1 aromatic heterocycles. The second kappa shape index (κ2) is 4.37. The summed E-state index contributed by atoms with van der Waals surface area (Å²) in [6.07, 6.45) is 1.63. The quantitative estimate of drug-likeness (QED) is 0.837. The Morgan fingerprint density at radius 2 is 2.12 bits per heavy atom. The number of rotatable bonds is 2. The highest BCUT2D eigenvalue weighted by atomic mass is 19.1. The Labute approximate surface area is 93.2 Å². The van der Waals surface area contributed by atoms with Gasteiger partial charge in [-0.25, -0.2) is 14.4 Å². The highest BCUT2D eigenvalue weighted by Gasteiger charge is 2.04. The second-order valence-electron chi connectivity index (χ2n) is 3.59. The summed E-state index contributed by atoms with van der Waals surface area (Å²) in [5, 5.41) is 0. The van der Waals surface area contributed by atoms with Crippen molar-refractivity contribution in [2.45, 2.75) is 13.5 Å².